The number of halogens is 2. The number of fused-ring (bicyclic) bond motifs is 1. The topological polar surface area (TPSA) is 140 Å². The van der Waals surface area contributed by atoms with Crippen molar-refractivity contribution >= 4 is 43.2 Å². The highest BCUT2D eigenvalue weighted by Gasteiger charge is 2.43. The van der Waals surface area contributed by atoms with Crippen molar-refractivity contribution in [2.45, 2.75) is 82.9 Å². The van der Waals surface area contributed by atoms with Crippen molar-refractivity contribution in [1.82, 2.24) is 10.6 Å². The Morgan fingerprint density at radius 2 is 1.85 bits per heavy atom. The molecule has 10 nitrogen and oxygen atoms in total. The van der Waals surface area contributed by atoms with Crippen LogP contribution in [0.15, 0.2) is 65.1 Å². The van der Waals surface area contributed by atoms with Crippen molar-refractivity contribution in [2.75, 3.05) is 28.5 Å². The van der Waals surface area contributed by atoms with Crippen molar-refractivity contribution < 1.29 is 32.6 Å². The van der Waals surface area contributed by atoms with Gasteiger partial charge in [-0.2, -0.15) is 0 Å². The lowest BCUT2D eigenvalue weighted by molar-refractivity contribution is -0.0663. The van der Waals surface area contributed by atoms with Gasteiger partial charge in [-0.25, -0.2) is 12.8 Å². The van der Waals surface area contributed by atoms with Crippen molar-refractivity contribution in [3.8, 4) is 5.75 Å². The summed E-state index contributed by atoms with van der Waals surface area (Å²) >= 11 is 3.48. The van der Waals surface area contributed by atoms with Crippen LogP contribution in [-0.2, 0) is 16.4 Å². The molecular weight excluding hydrogens is 703 g/mol. The van der Waals surface area contributed by atoms with Gasteiger partial charge in [-0.05, 0) is 82.9 Å². The van der Waals surface area contributed by atoms with E-state index in [2.05, 4.69) is 31.9 Å². The van der Waals surface area contributed by atoms with Crippen LogP contribution in [0.1, 0.15) is 68.1 Å². The number of benzene rings is 3. The number of hydrogen-bond donors (Lipinski definition) is 5. The van der Waals surface area contributed by atoms with Crippen LogP contribution in [0.25, 0.3) is 0 Å². The van der Waals surface area contributed by atoms with Crippen molar-refractivity contribution in [3.63, 3.8) is 0 Å². The van der Waals surface area contributed by atoms with Crippen LogP contribution >= 0.6 is 15.9 Å². The van der Waals surface area contributed by atoms with Crippen LogP contribution in [0, 0.1) is 5.82 Å². The van der Waals surface area contributed by atoms with Crippen LogP contribution in [0.5, 0.6) is 5.75 Å². The molecule has 0 aromatic heterocycles. The molecule has 13 heteroatoms. The lowest BCUT2D eigenvalue weighted by atomic mass is 9.86. The van der Waals surface area contributed by atoms with E-state index in [1.54, 1.807) is 13.8 Å². The van der Waals surface area contributed by atoms with Gasteiger partial charge in [-0.1, -0.05) is 46.3 Å². The van der Waals surface area contributed by atoms with Crippen molar-refractivity contribution in [1.29, 1.82) is 0 Å². The number of carbonyl (C=O) groups excluding carboxylic acids is 1. The number of carbonyl (C=O) groups is 1. The second kappa shape index (κ2) is 14.7. The van der Waals surface area contributed by atoms with Crippen LogP contribution < -0.4 is 25.0 Å². The third-order valence-corrected chi connectivity index (χ3v) is 11.1. The molecule has 1 fully saturated rings. The predicted octanol–water partition coefficient (Wildman–Crippen LogP) is 4.90. The molecule has 0 spiro atoms. The molecule has 5 rings (SSSR count). The number of aliphatic hydroxyl groups is 2. The molecule has 0 unspecified atom stereocenters. The predicted molar refractivity (Wildman–Crippen MR) is 189 cm³/mol. The number of amides is 1. The van der Waals surface area contributed by atoms with Gasteiger partial charge in [0.05, 0.1) is 35.2 Å². The number of sulfonamides is 1. The molecule has 0 saturated carbocycles. The molecule has 2 aliphatic rings. The van der Waals surface area contributed by atoms with Gasteiger partial charge in [0, 0.05) is 34.9 Å². The summed E-state index contributed by atoms with van der Waals surface area (Å²) in [6, 6.07) is 16.0. The largest absolute Gasteiger partial charge is 0.485 e. The zero-order chi connectivity index (χ0) is 34.8. The maximum absolute atomic E-state index is 16.2. The third-order valence-electron chi connectivity index (χ3n) is 8.71. The summed E-state index contributed by atoms with van der Waals surface area (Å²) in [5.74, 6) is -1.24. The van der Waals surface area contributed by atoms with Gasteiger partial charge in [0.2, 0.25) is 10.0 Å². The minimum Gasteiger partial charge on any atom is -0.485 e. The van der Waals surface area contributed by atoms with Crippen LogP contribution in [0.2, 0.25) is 0 Å². The fraction of sp³-hybridized carbons (Fsp3) is 0.457. The summed E-state index contributed by atoms with van der Waals surface area (Å²) in [4.78, 5) is 13.9. The van der Waals surface area contributed by atoms with E-state index >= 15 is 4.39 Å². The Kier molecular flexibility index (Phi) is 11.1. The van der Waals surface area contributed by atoms with E-state index in [4.69, 9.17) is 4.74 Å². The Balaban J connectivity index is 1.44. The number of nitrogens with zero attached hydrogens (tertiary/aromatic N) is 1. The molecule has 5 N–H and O–H groups in total. The van der Waals surface area contributed by atoms with E-state index < -0.39 is 51.6 Å². The lowest BCUT2D eigenvalue weighted by Gasteiger charge is -2.43. The van der Waals surface area contributed by atoms with E-state index in [-0.39, 0.29) is 42.6 Å². The monoisotopic (exact) mass is 746 g/mol. The summed E-state index contributed by atoms with van der Waals surface area (Å²) in [7, 11) is -3.77. The highest BCUT2D eigenvalue weighted by Crippen LogP contribution is 2.41. The maximum Gasteiger partial charge on any atom is 0.254 e. The molecule has 260 valence electrons. The van der Waals surface area contributed by atoms with Crippen LogP contribution in [0.4, 0.5) is 15.8 Å². The average molecular weight is 748 g/mol. The zero-order valence-electron chi connectivity index (χ0n) is 27.5. The molecule has 1 saturated heterocycles. The summed E-state index contributed by atoms with van der Waals surface area (Å²) in [6.45, 7) is 7.41. The molecule has 2 heterocycles. The summed E-state index contributed by atoms with van der Waals surface area (Å²) < 4.78 is 50.0. The Hall–Kier alpha value is -3.23. The molecule has 0 bridgehead atoms. The van der Waals surface area contributed by atoms with Gasteiger partial charge in [0.15, 0.2) is 5.82 Å². The van der Waals surface area contributed by atoms with E-state index in [0.29, 0.717) is 29.8 Å². The molecule has 0 aliphatic carbocycles. The number of hydrogen-bond acceptors (Lipinski definition) is 8. The highest BCUT2D eigenvalue weighted by atomic mass is 79.9. The highest BCUT2D eigenvalue weighted by molar-refractivity contribution is 9.10. The van der Waals surface area contributed by atoms with Crippen LogP contribution in [-0.4, -0.2) is 73.3 Å². The number of aliphatic hydroxyl groups excluding tert-OH is 2. The number of anilines is 2. The second-order valence-electron chi connectivity index (χ2n) is 13.3. The Morgan fingerprint density at radius 1 is 1.12 bits per heavy atom. The van der Waals surface area contributed by atoms with Crippen molar-refractivity contribution in [2.24, 2.45) is 0 Å². The van der Waals surface area contributed by atoms with E-state index in [1.165, 1.54) is 12.1 Å². The first-order chi connectivity index (χ1) is 22.7. The average Bonchev–Trinajstić information content (AvgIpc) is 3.02. The van der Waals surface area contributed by atoms with Gasteiger partial charge < -0.3 is 30.9 Å². The van der Waals surface area contributed by atoms with Gasteiger partial charge in [0.25, 0.3) is 5.91 Å². The number of nitrogens with one attached hydrogen (secondary N) is 3. The second-order valence-corrected chi connectivity index (χ2v) is 16.2. The van der Waals surface area contributed by atoms with E-state index in [9.17, 15) is 23.4 Å². The minimum absolute atomic E-state index is 0.0315. The lowest BCUT2D eigenvalue weighted by Crippen LogP contribution is -2.55. The van der Waals surface area contributed by atoms with Gasteiger partial charge >= 0.3 is 0 Å². The van der Waals surface area contributed by atoms with Gasteiger partial charge in [-0.3, -0.25) is 9.10 Å². The summed E-state index contributed by atoms with van der Waals surface area (Å²) in [6.07, 6.45) is -0.872. The first kappa shape index (κ1) is 36.1. The van der Waals surface area contributed by atoms with Gasteiger partial charge in [-0.15, -0.1) is 0 Å². The normalized spacial score (nSPS) is 21.1. The Bertz CT molecular complexity index is 1730. The molecule has 2 aliphatic heterocycles. The Morgan fingerprint density at radius 3 is 2.54 bits per heavy atom. The molecule has 1 amide bonds. The summed E-state index contributed by atoms with van der Waals surface area (Å²) in [5, 5.41) is 32.1. The minimum atomic E-state index is -3.77. The Labute approximate surface area is 290 Å². The molecule has 0 radical (unpaired) electrons. The van der Waals surface area contributed by atoms with Crippen molar-refractivity contribution in [3.05, 3.63) is 87.6 Å². The smallest absolute Gasteiger partial charge is 0.254 e. The zero-order valence-corrected chi connectivity index (χ0v) is 29.9. The molecular formula is C35H44BrFN4O6S. The quantitative estimate of drug-likeness (QED) is 0.187. The fourth-order valence-electron chi connectivity index (χ4n) is 6.21. The molecule has 3 aromatic carbocycles. The standard InChI is InChI=1S/C35H44BrFN4O6S/c1-21(2)39-24-18-26(31(37)28(19-24)41-14-8-9-15-48(41,45)46)34(44)40-27(16-22-10-6-5-7-11-22)29(42)20-38-32-25-17-23(36)12-13-30(25)47-35(3,4)33(32)43/h5-7,10-13,17-19,21,27,29,32-33,38-39,42-43H,8-9,14-16,20H2,1-4H3,(H,40,44)/t27-,29+,32-,33+/m0/s1. The fourth-order valence-corrected chi connectivity index (χ4v) is 8.22. The van der Waals surface area contributed by atoms with Crippen LogP contribution in [0.3, 0.4) is 0 Å². The molecule has 48 heavy (non-hydrogen) atoms. The molecule has 3 aromatic rings. The SMILES string of the molecule is CC(C)Nc1cc(C(=O)N[C@@H](Cc2ccccc2)[C@H](O)CN[C@H]2c3cc(Br)ccc3OC(C)(C)[C@@H]2O)c(F)c(N2CCCCS2(=O)=O)c1. The first-order valence-electron chi connectivity index (χ1n) is 16.2. The number of rotatable bonds is 11. The number of ether oxygens (including phenoxy) is 1. The van der Waals surface area contributed by atoms with E-state index in [1.807, 2.05) is 62.4 Å². The third kappa shape index (κ3) is 8.14. The van der Waals surface area contributed by atoms with Gasteiger partial charge in [0.1, 0.15) is 17.5 Å². The maximum atomic E-state index is 16.2. The molecule has 4 atom stereocenters. The first-order valence-corrected chi connectivity index (χ1v) is 18.6. The van der Waals surface area contributed by atoms with E-state index in [0.717, 1.165) is 14.3 Å². The summed E-state index contributed by atoms with van der Waals surface area (Å²) in [5.41, 5.74) is 0.494.